The van der Waals surface area contributed by atoms with Crippen molar-refractivity contribution in [1.29, 1.82) is 5.26 Å². The predicted molar refractivity (Wildman–Crippen MR) is 115 cm³/mol. The van der Waals surface area contributed by atoms with E-state index in [1.54, 1.807) is 0 Å². The molecule has 1 aliphatic carbocycles. The van der Waals surface area contributed by atoms with Gasteiger partial charge in [-0.05, 0) is 99.0 Å². The highest BCUT2D eigenvalue weighted by molar-refractivity contribution is 9.11. The molecule has 0 heterocycles. The van der Waals surface area contributed by atoms with Crippen molar-refractivity contribution in [1.82, 2.24) is 0 Å². The van der Waals surface area contributed by atoms with Gasteiger partial charge in [0.05, 0.1) is 20.6 Å². The summed E-state index contributed by atoms with van der Waals surface area (Å²) in [5.74, 6) is -0.175. The first-order valence-electron chi connectivity index (χ1n) is 9.07. The fourth-order valence-electron chi connectivity index (χ4n) is 3.01. The molecule has 2 N–H and O–H groups in total. The Morgan fingerprint density at radius 2 is 1.89 bits per heavy atom. The Bertz CT molecular complexity index is 897. The number of nitrogens with one attached hydrogen (secondary N) is 1. The number of ether oxygens (including phenoxy) is 1. The molecule has 28 heavy (non-hydrogen) atoms. The van der Waals surface area contributed by atoms with Crippen LogP contribution in [0.25, 0.3) is 0 Å². The molecule has 0 spiro atoms. The van der Waals surface area contributed by atoms with Crippen LogP contribution in [0.2, 0.25) is 0 Å². The highest BCUT2D eigenvalue weighted by atomic mass is 79.9. The zero-order valence-electron chi connectivity index (χ0n) is 15.2. The summed E-state index contributed by atoms with van der Waals surface area (Å²) in [6.07, 6.45) is 4.10. The fourth-order valence-corrected chi connectivity index (χ4v) is 4.52. The number of aryl methyl sites for hydroxylation is 1. The maximum atomic E-state index is 10.8. The van der Waals surface area contributed by atoms with Crippen LogP contribution in [-0.2, 0) is 17.8 Å². The number of anilines is 1. The largest absolute Gasteiger partial charge is 0.487 e. The minimum Gasteiger partial charge on any atom is -0.487 e. The standard InChI is InChI=1S/C21H20Br2N2O3/c22-18-9-13(4-5-20(26)27)10-19(23)21(18)28-12-15-6-14(11-24)7-17(8-15)25-16-2-1-3-16/h6-10,16,25H,1-5,12H2,(H,26,27). The van der Waals surface area contributed by atoms with Crippen molar-refractivity contribution in [2.75, 3.05) is 5.32 Å². The number of carbonyl (C=O) groups is 1. The van der Waals surface area contributed by atoms with Crippen LogP contribution in [0, 0.1) is 11.3 Å². The Morgan fingerprint density at radius 3 is 2.46 bits per heavy atom. The van der Waals surface area contributed by atoms with Gasteiger partial charge >= 0.3 is 5.97 Å². The van der Waals surface area contributed by atoms with Crippen LogP contribution in [0.1, 0.15) is 42.4 Å². The number of carboxylic acid groups (broad SMARTS) is 1. The van der Waals surface area contributed by atoms with Gasteiger partial charge in [-0.15, -0.1) is 0 Å². The lowest BCUT2D eigenvalue weighted by molar-refractivity contribution is -0.136. The van der Waals surface area contributed by atoms with Gasteiger partial charge in [0, 0.05) is 18.2 Å². The first-order chi connectivity index (χ1) is 13.4. The normalized spacial score (nSPS) is 13.5. The van der Waals surface area contributed by atoms with Gasteiger partial charge in [0.15, 0.2) is 0 Å². The van der Waals surface area contributed by atoms with Gasteiger partial charge in [-0.2, -0.15) is 5.26 Å². The van der Waals surface area contributed by atoms with Crippen molar-refractivity contribution in [3.63, 3.8) is 0 Å². The molecule has 0 atom stereocenters. The highest BCUT2D eigenvalue weighted by Crippen LogP contribution is 2.36. The molecule has 5 nitrogen and oxygen atoms in total. The summed E-state index contributed by atoms with van der Waals surface area (Å²) in [7, 11) is 0. The van der Waals surface area contributed by atoms with Crippen molar-refractivity contribution in [2.45, 2.75) is 44.8 Å². The lowest BCUT2D eigenvalue weighted by atomic mass is 9.93. The van der Waals surface area contributed by atoms with Crippen LogP contribution in [0.3, 0.4) is 0 Å². The Balaban J connectivity index is 1.71. The summed E-state index contributed by atoms with van der Waals surface area (Å²) in [5.41, 5.74) is 3.37. The molecule has 1 saturated carbocycles. The molecule has 0 amide bonds. The van der Waals surface area contributed by atoms with E-state index in [1.165, 1.54) is 6.42 Å². The molecule has 0 unspecified atom stereocenters. The molecule has 1 fully saturated rings. The SMILES string of the molecule is N#Cc1cc(COc2c(Br)cc(CCC(=O)O)cc2Br)cc(NC2CCC2)c1. The molecular weight excluding hydrogens is 488 g/mol. The van der Waals surface area contributed by atoms with E-state index >= 15 is 0 Å². The smallest absolute Gasteiger partial charge is 0.303 e. The molecule has 146 valence electrons. The third-order valence-electron chi connectivity index (χ3n) is 4.67. The van der Waals surface area contributed by atoms with E-state index < -0.39 is 5.97 Å². The van der Waals surface area contributed by atoms with E-state index in [2.05, 4.69) is 43.2 Å². The summed E-state index contributed by atoms with van der Waals surface area (Å²) in [4.78, 5) is 10.8. The number of nitriles is 1. The third-order valence-corrected chi connectivity index (χ3v) is 5.84. The van der Waals surface area contributed by atoms with E-state index in [4.69, 9.17) is 9.84 Å². The summed E-state index contributed by atoms with van der Waals surface area (Å²) in [6.45, 7) is 0.320. The Kier molecular flexibility index (Phi) is 6.97. The quantitative estimate of drug-likeness (QED) is 0.482. The number of halogens is 2. The number of rotatable bonds is 8. The molecule has 0 saturated heterocycles. The van der Waals surface area contributed by atoms with E-state index in [0.29, 0.717) is 30.4 Å². The van der Waals surface area contributed by atoms with Crippen molar-refractivity contribution in [3.8, 4) is 11.8 Å². The van der Waals surface area contributed by atoms with Gasteiger partial charge in [0.1, 0.15) is 12.4 Å². The number of aliphatic carboxylic acids is 1. The number of hydrogen-bond donors (Lipinski definition) is 2. The molecule has 0 aromatic heterocycles. The number of hydrogen-bond acceptors (Lipinski definition) is 4. The highest BCUT2D eigenvalue weighted by Gasteiger charge is 2.17. The van der Waals surface area contributed by atoms with Gasteiger partial charge in [-0.3, -0.25) is 4.79 Å². The molecule has 7 heteroatoms. The van der Waals surface area contributed by atoms with Crippen molar-refractivity contribution >= 4 is 43.5 Å². The zero-order chi connectivity index (χ0) is 20.1. The van der Waals surface area contributed by atoms with Crippen LogP contribution in [0.5, 0.6) is 5.75 Å². The van der Waals surface area contributed by atoms with E-state index in [9.17, 15) is 10.1 Å². The molecular formula is C21H20Br2N2O3. The number of carboxylic acids is 1. The molecule has 2 aromatic rings. The predicted octanol–water partition coefficient (Wildman–Crippen LogP) is 5.64. The van der Waals surface area contributed by atoms with E-state index in [1.807, 2.05) is 30.3 Å². The second kappa shape index (κ2) is 9.44. The van der Waals surface area contributed by atoms with Gasteiger partial charge in [-0.1, -0.05) is 0 Å². The number of benzene rings is 2. The lowest BCUT2D eigenvalue weighted by Gasteiger charge is -2.27. The molecule has 0 aliphatic heterocycles. The Morgan fingerprint density at radius 1 is 1.18 bits per heavy atom. The monoisotopic (exact) mass is 506 g/mol. The first-order valence-corrected chi connectivity index (χ1v) is 10.7. The summed E-state index contributed by atoms with van der Waals surface area (Å²) in [5, 5.41) is 21.6. The second-order valence-electron chi connectivity index (χ2n) is 6.87. The van der Waals surface area contributed by atoms with Gasteiger partial charge in [-0.25, -0.2) is 0 Å². The summed E-state index contributed by atoms with van der Waals surface area (Å²) in [6, 6.07) is 12.2. The minimum absolute atomic E-state index is 0.0802. The third kappa shape index (κ3) is 5.49. The summed E-state index contributed by atoms with van der Waals surface area (Å²) >= 11 is 7.01. The maximum Gasteiger partial charge on any atom is 0.303 e. The van der Waals surface area contributed by atoms with Crippen LogP contribution >= 0.6 is 31.9 Å². The van der Waals surface area contributed by atoms with Crippen molar-refractivity contribution in [2.24, 2.45) is 0 Å². The first kappa shape index (κ1) is 20.7. The second-order valence-corrected chi connectivity index (χ2v) is 8.58. The molecule has 0 radical (unpaired) electrons. The topological polar surface area (TPSA) is 82.3 Å². The van der Waals surface area contributed by atoms with E-state index in [0.717, 1.165) is 38.6 Å². The van der Waals surface area contributed by atoms with Crippen LogP contribution in [0.4, 0.5) is 5.69 Å². The van der Waals surface area contributed by atoms with Crippen LogP contribution in [-0.4, -0.2) is 17.1 Å². The van der Waals surface area contributed by atoms with Gasteiger partial charge in [0.25, 0.3) is 0 Å². The van der Waals surface area contributed by atoms with Crippen LogP contribution in [0.15, 0.2) is 39.3 Å². The number of nitrogens with zero attached hydrogens (tertiary/aromatic N) is 1. The van der Waals surface area contributed by atoms with Crippen molar-refractivity contribution < 1.29 is 14.6 Å². The van der Waals surface area contributed by atoms with Gasteiger partial charge in [0.2, 0.25) is 0 Å². The zero-order valence-corrected chi connectivity index (χ0v) is 18.3. The lowest BCUT2D eigenvalue weighted by Crippen LogP contribution is -2.27. The van der Waals surface area contributed by atoms with Crippen molar-refractivity contribution in [3.05, 3.63) is 56.0 Å². The average Bonchev–Trinajstić information content (AvgIpc) is 2.62. The Hall–Kier alpha value is -2.04. The maximum absolute atomic E-state index is 10.8. The minimum atomic E-state index is -0.823. The summed E-state index contributed by atoms with van der Waals surface area (Å²) < 4.78 is 7.50. The molecule has 0 bridgehead atoms. The average molecular weight is 508 g/mol. The van der Waals surface area contributed by atoms with E-state index in [-0.39, 0.29) is 6.42 Å². The fraction of sp³-hybridized carbons (Fsp3) is 0.333. The van der Waals surface area contributed by atoms with Crippen LogP contribution < -0.4 is 10.1 Å². The molecule has 2 aromatic carbocycles. The van der Waals surface area contributed by atoms with Gasteiger partial charge < -0.3 is 15.2 Å². The molecule has 3 rings (SSSR count). The Labute approximate surface area is 181 Å². The molecule has 1 aliphatic rings.